The summed E-state index contributed by atoms with van der Waals surface area (Å²) >= 11 is 1.59. The summed E-state index contributed by atoms with van der Waals surface area (Å²) in [5.74, 6) is 0.931. The van der Waals surface area contributed by atoms with Gasteiger partial charge in [0, 0.05) is 29.2 Å². The third-order valence-corrected chi connectivity index (χ3v) is 5.56. The Bertz CT molecular complexity index is 887. The topological polar surface area (TPSA) is 58.1 Å². The normalized spacial score (nSPS) is 14.1. The number of benzene rings is 1. The molecule has 1 amide bonds. The Balaban J connectivity index is 1.44. The van der Waals surface area contributed by atoms with Gasteiger partial charge in [0.1, 0.15) is 0 Å². The number of piperidine rings is 1. The number of thiophene rings is 1. The standard InChI is InChI=1S/C21H22N4OS/c26-21(15-18-8-5-13-27-18)22-17-7-4-6-16(14-17)19-9-10-20(24-23-19)25-11-2-1-3-12-25/h4-10,13-14H,1-3,11-12,15H2,(H,22,26). The van der Waals surface area contributed by atoms with Gasteiger partial charge < -0.3 is 10.2 Å². The summed E-state index contributed by atoms with van der Waals surface area (Å²) in [4.78, 5) is 15.6. The molecule has 1 saturated heterocycles. The molecule has 0 bridgehead atoms. The van der Waals surface area contributed by atoms with Crippen molar-refractivity contribution in [3.05, 3.63) is 58.8 Å². The molecule has 0 saturated carbocycles. The third-order valence-electron chi connectivity index (χ3n) is 4.69. The van der Waals surface area contributed by atoms with E-state index in [4.69, 9.17) is 0 Å². The first kappa shape index (κ1) is 17.7. The van der Waals surface area contributed by atoms with Gasteiger partial charge in [-0.15, -0.1) is 21.5 Å². The Morgan fingerprint density at radius 1 is 1.04 bits per heavy atom. The van der Waals surface area contributed by atoms with Gasteiger partial charge in [0.05, 0.1) is 12.1 Å². The van der Waals surface area contributed by atoms with Gasteiger partial charge in [0.25, 0.3) is 0 Å². The molecule has 0 aliphatic carbocycles. The molecule has 5 nitrogen and oxygen atoms in total. The van der Waals surface area contributed by atoms with Crippen molar-refractivity contribution < 1.29 is 4.79 Å². The summed E-state index contributed by atoms with van der Waals surface area (Å²) in [6.07, 6.45) is 4.13. The number of carbonyl (C=O) groups excluding carboxylic acids is 1. The summed E-state index contributed by atoms with van der Waals surface area (Å²) in [5, 5.41) is 13.8. The van der Waals surface area contributed by atoms with E-state index in [-0.39, 0.29) is 5.91 Å². The van der Waals surface area contributed by atoms with E-state index in [9.17, 15) is 4.79 Å². The minimum atomic E-state index is -0.0128. The summed E-state index contributed by atoms with van der Waals surface area (Å²) in [6, 6.07) is 15.7. The summed E-state index contributed by atoms with van der Waals surface area (Å²) in [7, 11) is 0. The van der Waals surface area contributed by atoms with Crippen LogP contribution >= 0.6 is 11.3 Å². The second-order valence-corrected chi connectivity index (χ2v) is 7.74. The van der Waals surface area contributed by atoms with Crippen LogP contribution in [0, 0.1) is 0 Å². The van der Waals surface area contributed by atoms with Crippen molar-refractivity contribution in [2.45, 2.75) is 25.7 Å². The number of hydrogen-bond acceptors (Lipinski definition) is 5. The van der Waals surface area contributed by atoms with E-state index in [1.165, 1.54) is 19.3 Å². The first-order valence-corrected chi connectivity index (χ1v) is 10.2. The highest BCUT2D eigenvalue weighted by atomic mass is 32.1. The zero-order chi connectivity index (χ0) is 18.5. The fourth-order valence-corrected chi connectivity index (χ4v) is 4.01. The molecule has 0 atom stereocenters. The number of anilines is 2. The lowest BCUT2D eigenvalue weighted by Crippen LogP contribution is -2.30. The van der Waals surface area contributed by atoms with E-state index in [0.29, 0.717) is 6.42 Å². The largest absolute Gasteiger partial charge is 0.355 e. The number of carbonyl (C=O) groups is 1. The maximum Gasteiger partial charge on any atom is 0.229 e. The van der Waals surface area contributed by atoms with E-state index in [2.05, 4.69) is 20.4 Å². The fourth-order valence-electron chi connectivity index (χ4n) is 3.30. The highest BCUT2D eigenvalue weighted by Crippen LogP contribution is 2.23. The molecule has 4 rings (SSSR count). The van der Waals surface area contributed by atoms with Crippen LogP contribution in [0.2, 0.25) is 0 Å². The monoisotopic (exact) mass is 378 g/mol. The van der Waals surface area contributed by atoms with Crippen molar-refractivity contribution in [2.24, 2.45) is 0 Å². The molecular formula is C21H22N4OS. The second kappa shape index (κ2) is 8.31. The van der Waals surface area contributed by atoms with Crippen LogP contribution in [-0.4, -0.2) is 29.2 Å². The minimum absolute atomic E-state index is 0.0128. The van der Waals surface area contributed by atoms with E-state index in [1.54, 1.807) is 11.3 Å². The maximum atomic E-state index is 12.2. The van der Waals surface area contributed by atoms with Crippen molar-refractivity contribution in [1.82, 2.24) is 10.2 Å². The van der Waals surface area contributed by atoms with E-state index in [1.807, 2.05) is 53.9 Å². The summed E-state index contributed by atoms with van der Waals surface area (Å²) in [5.41, 5.74) is 2.53. The van der Waals surface area contributed by atoms with Gasteiger partial charge in [-0.1, -0.05) is 18.2 Å². The van der Waals surface area contributed by atoms with Gasteiger partial charge in [0.2, 0.25) is 5.91 Å². The molecule has 138 valence electrons. The lowest BCUT2D eigenvalue weighted by molar-refractivity contribution is -0.115. The number of aromatic nitrogens is 2. The van der Waals surface area contributed by atoms with Crippen molar-refractivity contribution in [3.63, 3.8) is 0 Å². The molecule has 1 N–H and O–H groups in total. The molecule has 1 aliphatic heterocycles. The van der Waals surface area contributed by atoms with Crippen LogP contribution in [0.1, 0.15) is 24.1 Å². The Kier molecular flexibility index (Phi) is 5.44. The molecular weight excluding hydrogens is 356 g/mol. The molecule has 0 radical (unpaired) electrons. The molecule has 1 aromatic carbocycles. The van der Waals surface area contributed by atoms with E-state index < -0.39 is 0 Å². The summed E-state index contributed by atoms with van der Waals surface area (Å²) in [6.45, 7) is 2.11. The average Bonchev–Trinajstić information content (AvgIpc) is 3.22. The van der Waals surface area contributed by atoms with Crippen LogP contribution in [0.15, 0.2) is 53.9 Å². The lowest BCUT2D eigenvalue weighted by Gasteiger charge is -2.27. The Hall–Kier alpha value is -2.73. The van der Waals surface area contributed by atoms with Gasteiger partial charge in [-0.25, -0.2) is 0 Å². The second-order valence-electron chi connectivity index (χ2n) is 6.71. The quantitative estimate of drug-likeness (QED) is 0.716. The van der Waals surface area contributed by atoms with Gasteiger partial charge in [-0.05, 0) is 55.0 Å². The van der Waals surface area contributed by atoms with Crippen LogP contribution in [-0.2, 0) is 11.2 Å². The average molecular weight is 379 g/mol. The molecule has 0 unspecified atom stereocenters. The highest BCUT2D eigenvalue weighted by molar-refractivity contribution is 7.10. The maximum absolute atomic E-state index is 12.2. The number of rotatable bonds is 5. The van der Waals surface area contributed by atoms with Crippen LogP contribution in [0.3, 0.4) is 0 Å². The number of hydrogen-bond donors (Lipinski definition) is 1. The minimum Gasteiger partial charge on any atom is -0.355 e. The SMILES string of the molecule is O=C(Cc1cccs1)Nc1cccc(-c2ccc(N3CCCCC3)nn2)c1. The first-order chi connectivity index (χ1) is 13.3. The Morgan fingerprint density at radius 3 is 2.67 bits per heavy atom. The van der Waals surface area contributed by atoms with Crippen LogP contribution in [0.25, 0.3) is 11.3 Å². The van der Waals surface area contributed by atoms with Crippen molar-refractivity contribution in [2.75, 3.05) is 23.3 Å². The van der Waals surface area contributed by atoms with E-state index >= 15 is 0 Å². The molecule has 2 aromatic heterocycles. The van der Waals surface area contributed by atoms with Gasteiger partial charge in [-0.2, -0.15) is 0 Å². The molecule has 6 heteroatoms. The van der Waals surface area contributed by atoms with Crippen molar-refractivity contribution in [1.29, 1.82) is 0 Å². The highest BCUT2D eigenvalue weighted by Gasteiger charge is 2.13. The van der Waals surface area contributed by atoms with Gasteiger partial charge in [-0.3, -0.25) is 4.79 Å². The molecule has 3 heterocycles. The predicted molar refractivity (Wildman–Crippen MR) is 110 cm³/mol. The Labute approximate surface area is 163 Å². The number of nitrogens with one attached hydrogen (secondary N) is 1. The molecule has 3 aromatic rings. The first-order valence-electron chi connectivity index (χ1n) is 9.29. The zero-order valence-corrected chi connectivity index (χ0v) is 15.9. The van der Waals surface area contributed by atoms with Gasteiger partial charge >= 0.3 is 0 Å². The van der Waals surface area contributed by atoms with Gasteiger partial charge in [0.15, 0.2) is 5.82 Å². The summed E-state index contributed by atoms with van der Waals surface area (Å²) < 4.78 is 0. The Morgan fingerprint density at radius 2 is 1.93 bits per heavy atom. The molecule has 0 spiro atoms. The molecule has 27 heavy (non-hydrogen) atoms. The lowest BCUT2D eigenvalue weighted by atomic mass is 10.1. The van der Waals surface area contributed by atoms with Crippen molar-refractivity contribution in [3.8, 4) is 11.3 Å². The smallest absolute Gasteiger partial charge is 0.229 e. The van der Waals surface area contributed by atoms with Crippen LogP contribution in [0.4, 0.5) is 11.5 Å². The van der Waals surface area contributed by atoms with E-state index in [0.717, 1.165) is 40.7 Å². The fraction of sp³-hybridized carbons (Fsp3) is 0.286. The van der Waals surface area contributed by atoms with Crippen molar-refractivity contribution >= 4 is 28.7 Å². The molecule has 1 fully saturated rings. The van der Waals surface area contributed by atoms with Crippen LogP contribution < -0.4 is 10.2 Å². The number of amides is 1. The predicted octanol–water partition coefficient (Wildman–Crippen LogP) is 4.38. The molecule has 1 aliphatic rings. The third kappa shape index (κ3) is 4.52. The zero-order valence-electron chi connectivity index (χ0n) is 15.1. The number of nitrogens with zero attached hydrogens (tertiary/aromatic N) is 3. The van der Waals surface area contributed by atoms with Crippen LogP contribution in [0.5, 0.6) is 0 Å².